The van der Waals surface area contributed by atoms with Gasteiger partial charge in [0.25, 0.3) is 0 Å². The second kappa shape index (κ2) is 2.76. The lowest BCUT2D eigenvalue weighted by Gasteiger charge is -2.03. The normalized spacial score (nSPS) is 10.9. The second-order valence-electron chi connectivity index (χ2n) is 3.22. The summed E-state index contributed by atoms with van der Waals surface area (Å²) in [5.41, 5.74) is 10.1. The minimum atomic E-state index is 0.867. The molecule has 1 aromatic heterocycles. The molecule has 0 fully saturated rings. The number of fused-ring (bicyclic) bond motifs is 1. The van der Waals surface area contributed by atoms with Crippen molar-refractivity contribution in [1.82, 2.24) is 10.2 Å². The van der Waals surface area contributed by atoms with E-state index in [9.17, 15) is 0 Å². The quantitative estimate of drug-likeness (QED) is 0.651. The number of nitrogen functional groups attached to an aromatic ring is 1. The molecule has 0 aliphatic carbocycles. The first-order chi connectivity index (χ1) is 6.24. The third-order valence-corrected chi connectivity index (χ3v) is 2.42. The number of aromatic nitrogens is 2. The van der Waals surface area contributed by atoms with Gasteiger partial charge in [-0.15, -0.1) is 0 Å². The molecule has 1 heterocycles. The molecule has 0 bridgehead atoms. The van der Waals surface area contributed by atoms with Gasteiger partial charge in [-0.3, -0.25) is 5.10 Å². The zero-order chi connectivity index (χ0) is 9.42. The summed E-state index contributed by atoms with van der Waals surface area (Å²) in [5.74, 6) is 0. The maximum absolute atomic E-state index is 6.01. The summed E-state index contributed by atoms with van der Waals surface area (Å²) in [5, 5.41) is 8.15. The Labute approximate surface area is 76.9 Å². The van der Waals surface area contributed by atoms with Crippen molar-refractivity contribution in [2.24, 2.45) is 0 Å². The van der Waals surface area contributed by atoms with Crippen LogP contribution in [0.2, 0.25) is 0 Å². The molecule has 0 amide bonds. The van der Waals surface area contributed by atoms with Crippen LogP contribution in [0.3, 0.4) is 0 Å². The predicted octanol–water partition coefficient (Wildman–Crippen LogP) is 2.02. The third kappa shape index (κ3) is 1.08. The van der Waals surface area contributed by atoms with Gasteiger partial charge >= 0.3 is 0 Å². The standard InChI is InChI=1S/C10H13N3/c1-3-7-4-5-8-9(10(7)11)6(2)12-13-8/h4-5H,3,11H2,1-2H3,(H,12,13). The molecule has 1 aromatic carbocycles. The van der Waals surface area contributed by atoms with Crippen LogP contribution in [0.1, 0.15) is 18.2 Å². The van der Waals surface area contributed by atoms with Gasteiger partial charge < -0.3 is 5.73 Å². The average Bonchev–Trinajstić information content (AvgIpc) is 2.49. The molecule has 3 nitrogen and oxygen atoms in total. The highest BCUT2D eigenvalue weighted by molar-refractivity contribution is 5.94. The topological polar surface area (TPSA) is 54.7 Å². The Kier molecular flexibility index (Phi) is 1.72. The second-order valence-corrected chi connectivity index (χ2v) is 3.22. The molecule has 0 aliphatic heterocycles. The van der Waals surface area contributed by atoms with E-state index in [1.54, 1.807) is 0 Å². The monoisotopic (exact) mass is 175 g/mol. The van der Waals surface area contributed by atoms with E-state index in [-0.39, 0.29) is 0 Å². The SMILES string of the molecule is CCc1ccc2[nH]nc(C)c2c1N. The van der Waals surface area contributed by atoms with Gasteiger partial charge in [0.15, 0.2) is 0 Å². The van der Waals surface area contributed by atoms with E-state index in [1.165, 1.54) is 5.56 Å². The van der Waals surface area contributed by atoms with Crippen LogP contribution in [0.25, 0.3) is 10.9 Å². The summed E-state index contributed by atoms with van der Waals surface area (Å²) >= 11 is 0. The lowest BCUT2D eigenvalue weighted by atomic mass is 10.1. The van der Waals surface area contributed by atoms with Gasteiger partial charge in [-0.25, -0.2) is 0 Å². The third-order valence-electron chi connectivity index (χ3n) is 2.42. The number of rotatable bonds is 1. The van der Waals surface area contributed by atoms with Crippen molar-refractivity contribution >= 4 is 16.6 Å². The van der Waals surface area contributed by atoms with Crippen LogP contribution in [0, 0.1) is 6.92 Å². The summed E-state index contributed by atoms with van der Waals surface area (Å²) in [7, 11) is 0. The Hall–Kier alpha value is -1.51. The number of hydrogen-bond acceptors (Lipinski definition) is 2. The van der Waals surface area contributed by atoms with Gasteiger partial charge in [0.05, 0.1) is 11.2 Å². The molecule has 13 heavy (non-hydrogen) atoms. The van der Waals surface area contributed by atoms with Gasteiger partial charge in [-0.05, 0) is 25.0 Å². The number of nitrogens with zero attached hydrogens (tertiary/aromatic N) is 1. The number of hydrogen-bond donors (Lipinski definition) is 2. The molecule has 0 atom stereocenters. The van der Waals surface area contributed by atoms with Crippen LogP contribution in [-0.4, -0.2) is 10.2 Å². The number of benzene rings is 1. The minimum absolute atomic E-state index is 0.867. The Morgan fingerprint density at radius 3 is 2.92 bits per heavy atom. The Bertz CT molecular complexity index is 443. The summed E-state index contributed by atoms with van der Waals surface area (Å²) in [6, 6.07) is 4.08. The number of aromatic amines is 1. The fourth-order valence-electron chi connectivity index (χ4n) is 1.65. The smallest absolute Gasteiger partial charge is 0.0690 e. The number of H-pyrrole nitrogens is 1. The van der Waals surface area contributed by atoms with E-state index in [4.69, 9.17) is 5.73 Å². The van der Waals surface area contributed by atoms with Gasteiger partial charge in [0.1, 0.15) is 0 Å². The molecule has 0 radical (unpaired) electrons. The Balaban J connectivity index is 2.83. The van der Waals surface area contributed by atoms with Crippen molar-refractivity contribution in [1.29, 1.82) is 0 Å². The fraction of sp³-hybridized carbons (Fsp3) is 0.300. The maximum Gasteiger partial charge on any atom is 0.0690 e. The maximum atomic E-state index is 6.01. The van der Waals surface area contributed by atoms with Crippen LogP contribution >= 0.6 is 0 Å². The summed E-state index contributed by atoms with van der Waals surface area (Å²) in [6.07, 6.45) is 0.965. The van der Waals surface area contributed by atoms with Gasteiger partial charge in [0.2, 0.25) is 0 Å². The highest BCUT2D eigenvalue weighted by Gasteiger charge is 2.07. The van der Waals surface area contributed by atoms with E-state index < -0.39 is 0 Å². The van der Waals surface area contributed by atoms with Crippen LogP contribution in [0.4, 0.5) is 5.69 Å². The lowest BCUT2D eigenvalue weighted by molar-refractivity contribution is 1.07. The average molecular weight is 175 g/mol. The molecule has 2 aromatic rings. The number of nitrogens with two attached hydrogens (primary N) is 1. The van der Waals surface area contributed by atoms with E-state index in [2.05, 4.69) is 23.2 Å². The van der Waals surface area contributed by atoms with Gasteiger partial charge in [-0.1, -0.05) is 13.0 Å². The van der Waals surface area contributed by atoms with Crippen LogP contribution in [0.15, 0.2) is 12.1 Å². The molecule has 2 rings (SSSR count). The molecule has 68 valence electrons. The van der Waals surface area contributed by atoms with Crippen LogP contribution < -0.4 is 5.73 Å². The van der Waals surface area contributed by atoms with Gasteiger partial charge in [-0.2, -0.15) is 5.10 Å². The largest absolute Gasteiger partial charge is 0.398 e. The first kappa shape index (κ1) is 8.10. The number of anilines is 1. The number of aryl methyl sites for hydroxylation is 2. The predicted molar refractivity (Wildman–Crippen MR) is 54.6 cm³/mol. The molecule has 0 aliphatic rings. The lowest BCUT2D eigenvalue weighted by Crippen LogP contribution is -1.93. The fourth-order valence-corrected chi connectivity index (χ4v) is 1.65. The minimum Gasteiger partial charge on any atom is -0.398 e. The van der Waals surface area contributed by atoms with Crippen LogP contribution in [0.5, 0.6) is 0 Å². The summed E-state index contributed by atoms with van der Waals surface area (Å²) in [4.78, 5) is 0. The summed E-state index contributed by atoms with van der Waals surface area (Å²) in [6.45, 7) is 4.07. The molecule has 3 heteroatoms. The van der Waals surface area contributed by atoms with Crippen LogP contribution in [-0.2, 0) is 6.42 Å². The number of nitrogens with one attached hydrogen (secondary N) is 1. The van der Waals surface area contributed by atoms with Crippen molar-refractivity contribution in [3.63, 3.8) is 0 Å². The first-order valence-electron chi connectivity index (χ1n) is 4.46. The molecule has 0 saturated heterocycles. The Morgan fingerprint density at radius 1 is 1.46 bits per heavy atom. The van der Waals surface area contributed by atoms with E-state index in [0.29, 0.717) is 0 Å². The van der Waals surface area contributed by atoms with E-state index in [0.717, 1.165) is 28.7 Å². The molecule has 0 unspecified atom stereocenters. The van der Waals surface area contributed by atoms with Crippen molar-refractivity contribution in [2.45, 2.75) is 20.3 Å². The summed E-state index contributed by atoms with van der Waals surface area (Å²) < 4.78 is 0. The molecular formula is C10H13N3. The van der Waals surface area contributed by atoms with Crippen molar-refractivity contribution in [3.8, 4) is 0 Å². The molecule has 0 saturated carbocycles. The molecular weight excluding hydrogens is 162 g/mol. The molecule has 3 N–H and O–H groups in total. The Morgan fingerprint density at radius 2 is 2.23 bits per heavy atom. The van der Waals surface area contributed by atoms with E-state index >= 15 is 0 Å². The van der Waals surface area contributed by atoms with E-state index in [1.807, 2.05) is 13.0 Å². The molecule has 0 spiro atoms. The zero-order valence-corrected chi connectivity index (χ0v) is 7.89. The van der Waals surface area contributed by atoms with Gasteiger partial charge in [0, 0.05) is 11.1 Å². The van der Waals surface area contributed by atoms with Crippen molar-refractivity contribution < 1.29 is 0 Å². The highest BCUT2D eigenvalue weighted by Crippen LogP contribution is 2.26. The van der Waals surface area contributed by atoms with Crippen molar-refractivity contribution in [2.75, 3.05) is 5.73 Å². The highest BCUT2D eigenvalue weighted by atomic mass is 15.1. The zero-order valence-electron chi connectivity index (χ0n) is 7.89. The first-order valence-corrected chi connectivity index (χ1v) is 4.46. The van der Waals surface area contributed by atoms with Crippen molar-refractivity contribution in [3.05, 3.63) is 23.4 Å².